The molecule has 2 heterocycles. The molecule has 1 saturated heterocycles. The zero-order chi connectivity index (χ0) is 21.6. The number of carbonyl (C=O) groups excluding carboxylic acids is 2. The van der Waals surface area contributed by atoms with E-state index < -0.39 is 0 Å². The minimum atomic E-state index is -0.193. The smallest absolute Gasteiger partial charge is 0.256 e. The third-order valence-electron chi connectivity index (χ3n) is 5.72. The van der Waals surface area contributed by atoms with Crippen molar-refractivity contribution in [3.8, 4) is 0 Å². The van der Waals surface area contributed by atoms with E-state index in [9.17, 15) is 9.59 Å². The molecule has 1 N–H and O–H groups in total. The van der Waals surface area contributed by atoms with Gasteiger partial charge in [0.15, 0.2) is 0 Å². The van der Waals surface area contributed by atoms with Crippen LogP contribution in [0.4, 0.5) is 5.69 Å². The average molecular weight is 434 g/mol. The van der Waals surface area contributed by atoms with Crippen LogP contribution < -0.4 is 5.32 Å². The van der Waals surface area contributed by atoms with E-state index in [-0.39, 0.29) is 11.8 Å². The number of para-hydroxylation sites is 1. The van der Waals surface area contributed by atoms with Gasteiger partial charge in [-0.05, 0) is 48.1 Å². The number of nitrogens with one attached hydrogen (secondary N) is 1. The SMILES string of the molecule is Cc1ccccc1CN1CCCN(C(=O)c2ccccc2NC(=O)c2ccsc2)CC1. The van der Waals surface area contributed by atoms with Crippen molar-refractivity contribution in [3.05, 3.63) is 87.6 Å². The number of carbonyl (C=O) groups is 2. The molecule has 2 amide bonds. The molecule has 0 radical (unpaired) electrons. The first kappa shape index (κ1) is 21.3. The maximum absolute atomic E-state index is 13.3. The van der Waals surface area contributed by atoms with E-state index in [4.69, 9.17) is 0 Å². The fourth-order valence-electron chi connectivity index (χ4n) is 3.90. The van der Waals surface area contributed by atoms with Gasteiger partial charge in [0.05, 0.1) is 16.8 Å². The molecule has 1 aromatic heterocycles. The summed E-state index contributed by atoms with van der Waals surface area (Å²) < 4.78 is 0. The van der Waals surface area contributed by atoms with Crippen LogP contribution in [-0.4, -0.2) is 47.8 Å². The Labute approximate surface area is 187 Å². The van der Waals surface area contributed by atoms with E-state index in [2.05, 4.69) is 41.4 Å². The van der Waals surface area contributed by atoms with Crippen LogP contribution in [0, 0.1) is 6.92 Å². The summed E-state index contributed by atoms with van der Waals surface area (Å²) in [4.78, 5) is 30.1. The van der Waals surface area contributed by atoms with E-state index in [0.717, 1.165) is 32.6 Å². The maximum Gasteiger partial charge on any atom is 0.256 e. The minimum Gasteiger partial charge on any atom is -0.337 e. The van der Waals surface area contributed by atoms with Crippen LogP contribution in [-0.2, 0) is 6.54 Å². The first-order valence-corrected chi connectivity index (χ1v) is 11.5. The van der Waals surface area contributed by atoms with Gasteiger partial charge in [0.25, 0.3) is 11.8 Å². The molecule has 1 aliphatic heterocycles. The number of hydrogen-bond acceptors (Lipinski definition) is 4. The third-order valence-corrected chi connectivity index (χ3v) is 6.40. The normalized spacial score (nSPS) is 14.8. The monoisotopic (exact) mass is 433 g/mol. The van der Waals surface area contributed by atoms with E-state index in [1.54, 1.807) is 23.6 Å². The van der Waals surface area contributed by atoms with E-state index in [1.807, 2.05) is 22.4 Å². The lowest BCUT2D eigenvalue weighted by molar-refractivity contribution is 0.0762. The molecular weight excluding hydrogens is 406 g/mol. The van der Waals surface area contributed by atoms with Crippen molar-refractivity contribution < 1.29 is 9.59 Å². The lowest BCUT2D eigenvalue weighted by Crippen LogP contribution is -2.35. The van der Waals surface area contributed by atoms with Gasteiger partial charge in [-0.2, -0.15) is 11.3 Å². The van der Waals surface area contributed by atoms with Crippen molar-refractivity contribution in [3.63, 3.8) is 0 Å². The van der Waals surface area contributed by atoms with Crippen LogP contribution in [0.2, 0.25) is 0 Å². The number of rotatable bonds is 5. The molecule has 1 fully saturated rings. The highest BCUT2D eigenvalue weighted by atomic mass is 32.1. The van der Waals surface area contributed by atoms with E-state index in [0.29, 0.717) is 23.4 Å². The topological polar surface area (TPSA) is 52.6 Å². The zero-order valence-corrected chi connectivity index (χ0v) is 18.5. The van der Waals surface area contributed by atoms with Crippen LogP contribution in [0.5, 0.6) is 0 Å². The second kappa shape index (κ2) is 9.90. The Morgan fingerprint density at radius 1 is 0.968 bits per heavy atom. The molecule has 4 rings (SSSR count). The number of amides is 2. The van der Waals surface area contributed by atoms with E-state index >= 15 is 0 Å². The molecular formula is C25H27N3O2S. The molecule has 1 aliphatic rings. The van der Waals surface area contributed by atoms with Gasteiger partial charge in [-0.1, -0.05) is 36.4 Å². The molecule has 3 aromatic rings. The molecule has 0 atom stereocenters. The van der Waals surface area contributed by atoms with Crippen molar-refractivity contribution >= 4 is 28.8 Å². The molecule has 0 saturated carbocycles. The molecule has 160 valence electrons. The van der Waals surface area contributed by atoms with E-state index in [1.165, 1.54) is 22.5 Å². The van der Waals surface area contributed by atoms with Gasteiger partial charge >= 0.3 is 0 Å². The van der Waals surface area contributed by atoms with Gasteiger partial charge < -0.3 is 10.2 Å². The fourth-order valence-corrected chi connectivity index (χ4v) is 4.53. The molecule has 2 aromatic carbocycles. The van der Waals surface area contributed by atoms with Gasteiger partial charge in [-0.15, -0.1) is 0 Å². The van der Waals surface area contributed by atoms with Crippen LogP contribution in [0.3, 0.4) is 0 Å². The Bertz CT molecular complexity index is 1050. The summed E-state index contributed by atoms with van der Waals surface area (Å²) in [7, 11) is 0. The third kappa shape index (κ3) is 5.21. The molecule has 5 nitrogen and oxygen atoms in total. The Morgan fingerprint density at radius 2 is 1.77 bits per heavy atom. The summed E-state index contributed by atoms with van der Waals surface area (Å²) in [5.41, 5.74) is 4.34. The van der Waals surface area contributed by atoms with Crippen LogP contribution >= 0.6 is 11.3 Å². The molecule has 31 heavy (non-hydrogen) atoms. The maximum atomic E-state index is 13.3. The van der Waals surface area contributed by atoms with Crippen LogP contribution in [0.1, 0.15) is 38.3 Å². The van der Waals surface area contributed by atoms with Crippen molar-refractivity contribution in [1.29, 1.82) is 0 Å². The first-order chi connectivity index (χ1) is 15.1. The van der Waals surface area contributed by atoms with Gasteiger partial charge in [0.1, 0.15) is 0 Å². The molecule has 0 spiro atoms. The van der Waals surface area contributed by atoms with Gasteiger partial charge in [-0.25, -0.2) is 0 Å². The lowest BCUT2D eigenvalue weighted by atomic mass is 10.1. The summed E-state index contributed by atoms with van der Waals surface area (Å²) in [6, 6.07) is 17.5. The Kier molecular flexibility index (Phi) is 6.79. The van der Waals surface area contributed by atoms with Crippen molar-refractivity contribution in [1.82, 2.24) is 9.80 Å². The summed E-state index contributed by atoms with van der Waals surface area (Å²) in [5, 5.41) is 6.58. The number of anilines is 1. The standard InChI is InChI=1S/C25H27N3O2S/c1-19-7-2-3-8-20(19)17-27-12-6-13-28(15-14-27)25(30)22-9-4-5-10-23(22)26-24(29)21-11-16-31-18-21/h2-5,7-11,16,18H,6,12-15,17H2,1H3,(H,26,29). The quantitative estimate of drug-likeness (QED) is 0.637. The second-order valence-electron chi connectivity index (χ2n) is 7.86. The van der Waals surface area contributed by atoms with Gasteiger partial charge in [0.2, 0.25) is 0 Å². The average Bonchev–Trinajstić information content (AvgIpc) is 3.23. The minimum absolute atomic E-state index is 0.0287. The largest absolute Gasteiger partial charge is 0.337 e. The number of benzene rings is 2. The predicted octanol–water partition coefficient (Wildman–Crippen LogP) is 4.66. The highest BCUT2D eigenvalue weighted by Crippen LogP contribution is 2.20. The number of aryl methyl sites for hydroxylation is 1. The molecule has 0 bridgehead atoms. The Morgan fingerprint density at radius 3 is 2.58 bits per heavy atom. The second-order valence-corrected chi connectivity index (χ2v) is 8.64. The number of thiophene rings is 1. The summed E-state index contributed by atoms with van der Waals surface area (Å²) >= 11 is 1.47. The first-order valence-electron chi connectivity index (χ1n) is 10.6. The van der Waals surface area contributed by atoms with Crippen molar-refractivity contribution in [2.45, 2.75) is 19.9 Å². The Balaban J connectivity index is 1.43. The highest BCUT2D eigenvalue weighted by molar-refractivity contribution is 7.08. The zero-order valence-electron chi connectivity index (χ0n) is 17.7. The summed E-state index contributed by atoms with van der Waals surface area (Å²) in [5.74, 6) is -0.222. The van der Waals surface area contributed by atoms with Gasteiger partial charge in [-0.3, -0.25) is 14.5 Å². The Hall–Kier alpha value is -2.96. The van der Waals surface area contributed by atoms with Crippen molar-refractivity contribution in [2.75, 3.05) is 31.5 Å². The highest BCUT2D eigenvalue weighted by Gasteiger charge is 2.23. The summed E-state index contributed by atoms with van der Waals surface area (Å²) in [6.07, 6.45) is 0.932. The molecule has 0 aliphatic carbocycles. The fraction of sp³-hybridized carbons (Fsp3) is 0.280. The van der Waals surface area contributed by atoms with Crippen LogP contribution in [0.15, 0.2) is 65.4 Å². The van der Waals surface area contributed by atoms with Crippen LogP contribution in [0.25, 0.3) is 0 Å². The molecule has 6 heteroatoms. The van der Waals surface area contributed by atoms with Gasteiger partial charge in [0, 0.05) is 38.1 Å². The lowest BCUT2D eigenvalue weighted by Gasteiger charge is -2.23. The number of nitrogens with zero attached hydrogens (tertiary/aromatic N) is 2. The van der Waals surface area contributed by atoms with Crippen molar-refractivity contribution in [2.24, 2.45) is 0 Å². The molecule has 0 unspecified atom stereocenters. The predicted molar refractivity (Wildman–Crippen MR) is 126 cm³/mol. The summed E-state index contributed by atoms with van der Waals surface area (Å²) in [6.45, 7) is 6.25. The number of hydrogen-bond donors (Lipinski definition) is 1.